The van der Waals surface area contributed by atoms with Crippen LogP contribution in [0.5, 0.6) is 5.75 Å². The van der Waals surface area contributed by atoms with E-state index in [1.807, 2.05) is 24.3 Å². The first-order valence-electron chi connectivity index (χ1n) is 10.7. The Bertz CT molecular complexity index is 1250. The summed E-state index contributed by atoms with van der Waals surface area (Å²) in [6.45, 7) is -0.198. The van der Waals surface area contributed by atoms with E-state index in [2.05, 4.69) is 5.10 Å². The van der Waals surface area contributed by atoms with Crippen LogP contribution in [-0.2, 0) is 4.79 Å². The number of carbonyl (C=O) groups excluding carboxylic acids is 2. The van der Waals surface area contributed by atoms with Crippen LogP contribution < -0.4 is 4.74 Å². The standard InChI is InChI=1S/C26H23ClFN3O3/c1-30(26(33)21-8-3-4-9-22(21)27)16-25(32)31-24(17-10-12-19(28)13-11-17)15-23(29-31)18-6-5-7-20(14-18)34-2/h3-14,24H,15-16H2,1-2H3. The van der Waals surface area contributed by atoms with Crippen molar-refractivity contribution >= 4 is 29.1 Å². The van der Waals surface area contributed by atoms with Crippen molar-refractivity contribution in [3.63, 3.8) is 0 Å². The van der Waals surface area contributed by atoms with Gasteiger partial charge in [0.25, 0.3) is 11.8 Å². The van der Waals surface area contributed by atoms with Gasteiger partial charge < -0.3 is 9.64 Å². The molecule has 0 bridgehead atoms. The maximum Gasteiger partial charge on any atom is 0.262 e. The summed E-state index contributed by atoms with van der Waals surface area (Å²) >= 11 is 6.15. The van der Waals surface area contributed by atoms with E-state index in [0.717, 1.165) is 11.1 Å². The van der Waals surface area contributed by atoms with Gasteiger partial charge in [-0.25, -0.2) is 9.40 Å². The molecule has 0 aliphatic carbocycles. The van der Waals surface area contributed by atoms with Crippen LogP contribution in [0.25, 0.3) is 0 Å². The number of benzene rings is 3. The molecule has 2 amide bonds. The minimum absolute atomic E-state index is 0.198. The molecule has 8 heteroatoms. The molecule has 174 valence electrons. The topological polar surface area (TPSA) is 62.2 Å². The van der Waals surface area contributed by atoms with Crippen molar-refractivity contribution in [1.29, 1.82) is 0 Å². The second-order valence-electron chi connectivity index (χ2n) is 7.93. The van der Waals surface area contributed by atoms with E-state index in [4.69, 9.17) is 16.3 Å². The van der Waals surface area contributed by atoms with Gasteiger partial charge in [-0.15, -0.1) is 0 Å². The molecular weight excluding hydrogens is 457 g/mol. The maximum absolute atomic E-state index is 13.5. The molecule has 6 nitrogen and oxygen atoms in total. The van der Waals surface area contributed by atoms with E-state index in [1.54, 1.807) is 50.6 Å². The van der Waals surface area contributed by atoms with Crippen LogP contribution >= 0.6 is 11.6 Å². The van der Waals surface area contributed by atoms with Crippen molar-refractivity contribution in [2.75, 3.05) is 20.7 Å². The van der Waals surface area contributed by atoms with Gasteiger partial charge in [-0.05, 0) is 42.0 Å². The lowest BCUT2D eigenvalue weighted by molar-refractivity contribution is -0.133. The predicted octanol–water partition coefficient (Wildman–Crippen LogP) is 4.94. The molecule has 3 aromatic carbocycles. The summed E-state index contributed by atoms with van der Waals surface area (Å²) in [5.41, 5.74) is 2.58. The van der Waals surface area contributed by atoms with Gasteiger partial charge in [0, 0.05) is 19.0 Å². The molecule has 3 aromatic rings. The quantitative estimate of drug-likeness (QED) is 0.503. The molecule has 1 heterocycles. The molecular formula is C26H23ClFN3O3. The Morgan fingerprint density at radius 2 is 1.85 bits per heavy atom. The lowest BCUT2D eigenvalue weighted by atomic mass is 9.98. The van der Waals surface area contributed by atoms with Gasteiger partial charge in [0.15, 0.2) is 0 Å². The van der Waals surface area contributed by atoms with Crippen LogP contribution in [0.15, 0.2) is 77.9 Å². The first kappa shape index (κ1) is 23.4. The highest BCUT2D eigenvalue weighted by atomic mass is 35.5. The summed E-state index contributed by atoms with van der Waals surface area (Å²) in [6.07, 6.45) is 0.437. The molecule has 1 unspecified atom stereocenters. The number of hydrazone groups is 1. The molecule has 4 rings (SSSR count). The Morgan fingerprint density at radius 3 is 2.56 bits per heavy atom. The highest BCUT2D eigenvalue weighted by Gasteiger charge is 2.34. The van der Waals surface area contributed by atoms with Gasteiger partial charge >= 0.3 is 0 Å². The first-order chi connectivity index (χ1) is 16.4. The van der Waals surface area contributed by atoms with Gasteiger partial charge in [-0.3, -0.25) is 9.59 Å². The summed E-state index contributed by atoms with van der Waals surface area (Å²) in [4.78, 5) is 27.5. The van der Waals surface area contributed by atoms with E-state index < -0.39 is 6.04 Å². The van der Waals surface area contributed by atoms with Crippen molar-refractivity contribution in [2.24, 2.45) is 5.10 Å². The van der Waals surface area contributed by atoms with E-state index >= 15 is 0 Å². The van der Waals surface area contributed by atoms with E-state index in [9.17, 15) is 14.0 Å². The van der Waals surface area contributed by atoms with Crippen molar-refractivity contribution < 1.29 is 18.7 Å². The first-order valence-corrected chi connectivity index (χ1v) is 11.0. The summed E-state index contributed by atoms with van der Waals surface area (Å²) in [5, 5.41) is 6.29. The summed E-state index contributed by atoms with van der Waals surface area (Å²) in [5.74, 6) is -0.421. The van der Waals surface area contributed by atoms with Gasteiger partial charge in [-0.1, -0.05) is 48.0 Å². The number of nitrogens with zero attached hydrogens (tertiary/aromatic N) is 3. The Kier molecular flexibility index (Phi) is 6.93. The van der Waals surface area contributed by atoms with Crippen molar-refractivity contribution in [2.45, 2.75) is 12.5 Å². The van der Waals surface area contributed by atoms with Gasteiger partial charge in [0.2, 0.25) is 0 Å². The Labute approximate surface area is 202 Å². The smallest absolute Gasteiger partial charge is 0.262 e. The number of carbonyl (C=O) groups is 2. The normalized spacial score (nSPS) is 15.1. The predicted molar refractivity (Wildman–Crippen MR) is 129 cm³/mol. The largest absolute Gasteiger partial charge is 0.497 e. The van der Waals surface area contributed by atoms with Gasteiger partial charge in [-0.2, -0.15) is 5.10 Å². The molecule has 0 fully saturated rings. The van der Waals surface area contributed by atoms with Crippen LogP contribution in [0.1, 0.15) is 33.9 Å². The van der Waals surface area contributed by atoms with Crippen LogP contribution in [0, 0.1) is 5.82 Å². The molecule has 1 aliphatic heterocycles. The summed E-state index contributed by atoms with van der Waals surface area (Å²) < 4.78 is 18.8. The molecule has 34 heavy (non-hydrogen) atoms. The highest BCUT2D eigenvalue weighted by molar-refractivity contribution is 6.33. The molecule has 0 aromatic heterocycles. The van der Waals surface area contributed by atoms with Gasteiger partial charge in [0.05, 0.1) is 29.4 Å². The number of halogens is 2. The van der Waals surface area contributed by atoms with E-state index in [-0.39, 0.29) is 24.2 Å². The number of ether oxygens (including phenoxy) is 1. The second-order valence-corrected chi connectivity index (χ2v) is 8.34. The highest BCUT2D eigenvalue weighted by Crippen LogP contribution is 2.33. The molecule has 1 atom stereocenters. The number of amides is 2. The van der Waals surface area contributed by atoms with Crippen molar-refractivity contribution in [3.8, 4) is 5.75 Å². The maximum atomic E-state index is 13.5. The zero-order valence-electron chi connectivity index (χ0n) is 18.7. The van der Waals surface area contributed by atoms with Crippen LogP contribution in [0.3, 0.4) is 0 Å². The molecule has 0 N–H and O–H groups in total. The SMILES string of the molecule is COc1cccc(C2=NN(C(=O)CN(C)C(=O)c3ccccc3Cl)C(c3ccc(F)cc3)C2)c1. The Morgan fingerprint density at radius 1 is 1.12 bits per heavy atom. The zero-order valence-corrected chi connectivity index (χ0v) is 19.5. The van der Waals surface area contributed by atoms with Crippen LogP contribution in [0.4, 0.5) is 4.39 Å². The summed E-state index contributed by atoms with van der Waals surface area (Å²) in [6, 6.07) is 19.7. The molecule has 0 saturated heterocycles. The number of methoxy groups -OCH3 is 1. The minimum Gasteiger partial charge on any atom is -0.497 e. The van der Waals surface area contributed by atoms with E-state index in [0.29, 0.717) is 28.5 Å². The summed E-state index contributed by atoms with van der Waals surface area (Å²) in [7, 11) is 3.12. The van der Waals surface area contributed by atoms with Crippen molar-refractivity contribution in [3.05, 3.63) is 100 Å². The van der Waals surface area contributed by atoms with Gasteiger partial charge in [0.1, 0.15) is 18.1 Å². The molecule has 1 aliphatic rings. The lowest BCUT2D eigenvalue weighted by Gasteiger charge is -2.25. The Hall–Kier alpha value is -3.71. The van der Waals surface area contributed by atoms with Crippen molar-refractivity contribution in [1.82, 2.24) is 9.91 Å². The third-order valence-corrected chi connectivity index (χ3v) is 5.98. The number of likely N-dealkylation sites (N-methyl/N-ethyl adjacent to an activating group) is 1. The fraction of sp³-hybridized carbons (Fsp3) is 0.192. The molecule has 0 saturated carbocycles. The fourth-order valence-electron chi connectivity index (χ4n) is 3.85. The average Bonchev–Trinajstić information content (AvgIpc) is 3.30. The van der Waals surface area contributed by atoms with Crippen LogP contribution in [0.2, 0.25) is 5.02 Å². The monoisotopic (exact) mass is 479 g/mol. The zero-order chi connectivity index (χ0) is 24.2. The number of hydrogen-bond acceptors (Lipinski definition) is 4. The molecule has 0 spiro atoms. The lowest BCUT2D eigenvalue weighted by Crippen LogP contribution is -2.39. The molecule has 0 radical (unpaired) electrons. The van der Waals surface area contributed by atoms with Crippen LogP contribution in [-0.4, -0.2) is 48.1 Å². The average molecular weight is 480 g/mol. The van der Waals surface area contributed by atoms with E-state index in [1.165, 1.54) is 22.0 Å². The minimum atomic E-state index is -0.432. The number of hydrogen-bond donors (Lipinski definition) is 0. The third kappa shape index (κ3) is 4.94. The number of rotatable bonds is 6. The second kappa shape index (κ2) is 10.1. The fourth-order valence-corrected chi connectivity index (χ4v) is 4.07. The third-order valence-electron chi connectivity index (χ3n) is 5.65. The Balaban J connectivity index is 1.61.